The van der Waals surface area contributed by atoms with Crippen LogP contribution in [0.1, 0.15) is 30.0 Å². The Bertz CT molecular complexity index is 781. The molecule has 3 aromatic rings. The minimum absolute atomic E-state index is 0.258. The highest BCUT2D eigenvalue weighted by Gasteiger charge is 2.33. The second kappa shape index (κ2) is 5.50. The topological polar surface area (TPSA) is 39.4 Å². The average molecular weight is 297 g/mol. The minimum atomic E-state index is -0.377. The molecule has 0 atom stereocenters. The summed E-state index contributed by atoms with van der Waals surface area (Å²) in [4.78, 5) is 4.03. The number of rotatable bonds is 4. The van der Waals surface area contributed by atoms with Crippen LogP contribution in [0.25, 0.3) is 5.65 Å². The number of hydrogen-bond acceptors (Lipinski definition) is 3. The van der Waals surface area contributed by atoms with E-state index in [0.717, 1.165) is 18.5 Å². The van der Waals surface area contributed by atoms with Gasteiger partial charge in [-0.05, 0) is 24.5 Å². The number of fused-ring (bicyclic) bond motifs is 1. The summed E-state index contributed by atoms with van der Waals surface area (Å²) >= 11 is 0. The average Bonchev–Trinajstić information content (AvgIpc) is 2.89. The Labute approximate surface area is 127 Å². The molecule has 2 aromatic heterocycles. The number of hydrogen-bond donors (Lipinski definition) is 0. The van der Waals surface area contributed by atoms with Crippen LogP contribution in [0.3, 0.4) is 0 Å². The van der Waals surface area contributed by atoms with E-state index in [4.69, 9.17) is 4.74 Å². The molecule has 1 saturated carbocycles. The number of ether oxygens (including phenoxy) is 1. The van der Waals surface area contributed by atoms with Gasteiger partial charge in [0.15, 0.2) is 11.5 Å². The lowest BCUT2D eigenvalue weighted by Gasteiger charge is -2.35. The van der Waals surface area contributed by atoms with Crippen LogP contribution >= 0.6 is 0 Å². The van der Waals surface area contributed by atoms with Crippen molar-refractivity contribution >= 4 is 5.65 Å². The lowest BCUT2D eigenvalue weighted by Crippen LogP contribution is -2.31. The summed E-state index contributed by atoms with van der Waals surface area (Å²) in [7, 11) is 0. The van der Waals surface area contributed by atoms with Gasteiger partial charge in [-0.2, -0.15) is 5.10 Å². The quantitative estimate of drug-likeness (QED) is 0.741. The second-order valence-electron chi connectivity index (χ2n) is 5.68. The number of aromatic nitrogens is 3. The number of benzene rings is 1. The molecule has 0 saturated heterocycles. The van der Waals surface area contributed by atoms with Crippen molar-refractivity contribution in [2.24, 2.45) is 0 Å². The molecule has 4 rings (SSSR count). The van der Waals surface area contributed by atoms with Crippen molar-refractivity contribution in [3.8, 4) is 0 Å². The van der Waals surface area contributed by atoms with Crippen LogP contribution in [0.15, 0.2) is 48.8 Å². The lowest BCUT2D eigenvalue weighted by atomic mass is 9.80. The first-order valence-corrected chi connectivity index (χ1v) is 7.45. The molecule has 0 N–H and O–H groups in total. The van der Waals surface area contributed by atoms with E-state index in [2.05, 4.69) is 22.2 Å². The summed E-state index contributed by atoms with van der Waals surface area (Å²) in [6.07, 6.45) is 5.00. The predicted octanol–water partition coefficient (Wildman–Crippen LogP) is 3.33. The fourth-order valence-corrected chi connectivity index (χ4v) is 2.92. The Morgan fingerprint density at radius 1 is 1.18 bits per heavy atom. The molecule has 1 aliphatic rings. The number of halogens is 1. The van der Waals surface area contributed by atoms with Crippen LogP contribution in [-0.2, 0) is 11.3 Å². The summed E-state index contributed by atoms with van der Waals surface area (Å²) in [5.41, 5.74) is 2.49. The normalized spacial score (nSPS) is 21.0. The standard InChI is InChI=1S/C17H16FN3O/c18-15-10-20-21-16(6-7-19-17(15)21)13-8-14(9-13)22-11-12-4-2-1-3-5-12/h1-7,10,13-14H,8-9,11H2. The van der Waals surface area contributed by atoms with E-state index in [1.807, 2.05) is 24.3 Å². The summed E-state index contributed by atoms with van der Waals surface area (Å²) in [5, 5.41) is 4.08. The van der Waals surface area contributed by atoms with Gasteiger partial charge in [0.2, 0.25) is 0 Å². The van der Waals surface area contributed by atoms with Crippen LogP contribution in [-0.4, -0.2) is 20.7 Å². The van der Waals surface area contributed by atoms with E-state index < -0.39 is 0 Å². The second-order valence-corrected chi connectivity index (χ2v) is 5.68. The van der Waals surface area contributed by atoms with Gasteiger partial charge in [0.05, 0.1) is 18.9 Å². The van der Waals surface area contributed by atoms with Crippen LogP contribution in [0, 0.1) is 5.82 Å². The first kappa shape index (κ1) is 13.4. The van der Waals surface area contributed by atoms with Crippen molar-refractivity contribution in [3.63, 3.8) is 0 Å². The molecule has 0 unspecified atom stereocenters. The Morgan fingerprint density at radius 3 is 2.82 bits per heavy atom. The van der Waals surface area contributed by atoms with Crippen LogP contribution < -0.4 is 0 Å². The van der Waals surface area contributed by atoms with Gasteiger partial charge in [0.1, 0.15) is 0 Å². The summed E-state index contributed by atoms with van der Waals surface area (Å²) in [6, 6.07) is 12.1. The summed E-state index contributed by atoms with van der Waals surface area (Å²) < 4.78 is 21.0. The third-order valence-corrected chi connectivity index (χ3v) is 4.23. The highest BCUT2D eigenvalue weighted by atomic mass is 19.1. The molecule has 112 valence electrons. The Morgan fingerprint density at radius 2 is 2.00 bits per heavy atom. The SMILES string of the molecule is Fc1cnn2c(C3CC(OCc4ccccc4)C3)ccnc12. The fourth-order valence-electron chi connectivity index (χ4n) is 2.92. The largest absolute Gasteiger partial charge is 0.373 e. The van der Waals surface area contributed by atoms with E-state index >= 15 is 0 Å². The molecule has 4 nitrogen and oxygen atoms in total. The van der Waals surface area contributed by atoms with Crippen LogP contribution in [0.5, 0.6) is 0 Å². The van der Waals surface area contributed by atoms with E-state index in [9.17, 15) is 4.39 Å². The Kier molecular flexibility index (Phi) is 3.35. The van der Waals surface area contributed by atoms with Gasteiger partial charge >= 0.3 is 0 Å². The maximum Gasteiger partial charge on any atom is 0.191 e. The molecule has 5 heteroatoms. The molecule has 0 aliphatic heterocycles. The molecule has 0 spiro atoms. The van der Waals surface area contributed by atoms with E-state index in [1.165, 1.54) is 11.8 Å². The highest BCUT2D eigenvalue weighted by molar-refractivity contribution is 5.39. The van der Waals surface area contributed by atoms with Crippen molar-refractivity contribution < 1.29 is 9.13 Å². The highest BCUT2D eigenvalue weighted by Crippen LogP contribution is 2.38. The van der Waals surface area contributed by atoms with Crippen molar-refractivity contribution in [1.29, 1.82) is 0 Å². The maximum absolute atomic E-state index is 13.5. The molecule has 1 fully saturated rings. The summed E-state index contributed by atoms with van der Waals surface area (Å²) in [5.74, 6) is -0.0244. The molecule has 0 bridgehead atoms. The van der Waals surface area contributed by atoms with Crippen molar-refractivity contribution in [3.05, 3.63) is 65.9 Å². The minimum Gasteiger partial charge on any atom is -0.373 e. The van der Waals surface area contributed by atoms with Crippen molar-refractivity contribution in [2.75, 3.05) is 0 Å². The molecular weight excluding hydrogens is 281 g/mol. The van der Waals surface area contributed by atoms with Gasteiger partial charge in [0.25, 0.3) is 0 Å². The van der Waals surface area contributed by atoms with E-state index in [1.54, 1.807) is 10.7 Å². The summed E-state index contributed by atoms with van der Waals surface area (Å²) in [6.45, 7) is 0.639. The van der Waals surface area contributed by atoms with Crippen LogP contribution in [0.4, 0.5) is 4.39 Å². The third kappa shape index (κ3) is 2.37. The van der Waals surface area contributed by atoms with Gasteiger partial charge in [-0.15, -0.1) is 0 Å². The van der Waals surface area contributed by atoms with Crippen molar-refractivity contribution in [1.82, 2.24) is 14.6 Å². The Hall–Kier alpha value is -2.27. The fraction of sp³-hybridized carbons (Fsp3) is 0.294. The first-order valence-electron chi connectivity index (χ1n) is 7.45. The van der Waals surface area contributed by atoms with Gasteiger partial charge in [0, 0.05) is 17.8 Å². The molecule has 22 heavy (non-hydrogen) atoms. The predicted molar refractivity (Wildman–Crippen MR) is 79.9 cm³/mol. The zero-order valence-electron chi connectivity index (χ0n) is 12.0. The smallest absolute Gasteiger partial charge is 0.191 e. The molecule has 0 amide bonds. The van der Waals surface area contributed by atoms with Crippen molar-refractivity contribution in [2.45, 2.75) is 31.5 Å². The molecule has 1 aromatic carbocycles. The van der Waals surface area contributed by atoms with Crippen LogP contribution in [0.2, 0.25) is 0 Å². The van der Waals surface area contributed by atoms with Gasteiger partial charge < -0.3 is 4.74 Å². The molecule has 2 heterocycles. The van der Waals surface area contributed by atoms with Gasteiger partial charge in [-0.3, -0.25) is 0 Å². The Balaban J connectivity index is 1.40. The molecular formula is C17H16FN3O. The van der Waals surface area contributed by atoms with E-state index in [-0.39, 0.29) is 11.9 Å². The maximum atomic E-state index is 13.5. The monoisotopic (exact) mass is 297 g/mol. The molecule has 0 radical (unpaired) electrons. The molecule has 1 aliphatic carbocycles. The first-order chi connectivity index (χ1) is 10.8. The zero-order chi connectivity index (χ0) is 14.9. The zero-order valence-corrected chi connectivity index (χ0v) is 12.0. The van der Waals surface area contributed by atoms with E-state index in [0.29, 0.717) is 18.2 Å². The van der Waals surface area contributed by atoms with Gasteiger partial charge in [-0.25, -0.2) is 13.9 Å². The number of nitrogens with zero attached hydrogens (tertiary/aromatic N) is 3. The third-order valence-electron chi connectivity index (χ3n) is 4.23. The lowest BCUT2D eigenvalue weighted by molar-refractivity contribution is -0.0218. The van der Waals surface area contributed by atoms with Gasteiger partial charge in [-0.1, -0.05) is 30.3 Å².